The molecule has 9 heteroatoms. The van der Waals surface area contributed by atoms with Crippen LogP contribution < -0.4 is 5.73 Å². The lowest BCUT2D eigenvalue weighted by molar-refractivity contribution is 0.0382. The van der Waals surface area contributed by atoms with Crippen molar-refractivity contribution in [3.63, 3.8) is 0 Å². The molecule has 24 heavy (non-hydrogen) atoms. The maximum atomic E-state index is 13.3. The van der Waals surface area contributed by atoms with Gasteiger partial charge >= 0.3 is 0 Å². The van der Waals surface area contributed by atoms with Crippen molar-refractivity contribution in [3.8, 4) is 0 Å². The average Bonchev–Trinajstić information content (AvgIpc) is 2.90. The molecule has 1 fully saturated rings. The Hall–Kier alpha value is -1.77. The number of anilines is 1. The predicted molar refractivity (Wildman–Crippen MR) is 88.1 cm³/mol. The number of nitrogens with two attached hydrogens (primary N) is 1. The van der Waals surface area contributed by atoms with E-state index >= 15 is 0 Å². The highest BCUT2D eigenvalue weighted by molar-refractivity contribution is 5.85. The molecule has 1 aliphatic heterocycles. The zero-order valence-corrected chi connectivity index (χ0v) is 13.9. The lowest BCUT2D eigenvalue weighted by Crippen LogP contribution is -2.37. The average molecular weight is 360 g/mol. The number of benzene rings is 1. The van der Waals surface area contributed by atoms with Crippen LogP contribution in [-0.2, 0) is 17.7 Å². The van der Waals surface area contributed by atoms with Gasteiger partial charge in [0.1, 0.15) is 0 Å². The molecular formula is C15H20ClF2N5O. The van der Waals surface area contributed by atoms with Gasteiger partial charge in [-0.2, -0.15) is 0 Å². The summed E-state index contributed by atoms with van der Waals surface area (Å²) in [7, 11) is 0. The van der Waals surface area contributed by atoms with Crippen molar-refractivity contribution in [2.24, 2.45) is 0 Å². The monoisotopic (exact) mass is 359 g/mol. The molecule has 1 aromatic heterocycles. The Morgan fingerprint density at radius 2 is 1.92 bits per heavy atom. The van der Waals surface area contributed by atoms with Crippen LogP contribution >= 0.6 is 12.4 Å². The zero-order valence-electron chi connectivity index (χ0n) is 13.1. The summed E-state index contributed by atoms with van der Waals surface area (Å²) in [4.78, 5) is 2.29. The molecule has 2 N–H and O–H groups in total. The van der Waals surface area contributed by atoms with Crippen molar-refractivity contribution in [2.75, 3.05) is 38.6 Å². The second kappa shape index (κ2) is 8.36. The number of hydrogen-bond acceptors (Lipinski definition) is 5. The van der Waals surface area contributed by atoms with E-state index in [1.54, 1.807) is 4.68 Å². The lowest BCUT2D eigenvalue weighted by atomic mass is 10.2. The Morgan fingerprint density at radius 3 is 2.62 bits per heavy atom. The van der Waals surface area contributed by atoms with Crippen molar-refractivity contribution in [2.45, 2.75) is 13.0 Å². The largest absolute Gasteiger partial charge is 0.381 e. The fraction of sp³-hybridized carbons (Fsp3) is 0.467. The van der Waals surface area contributed by atoms with Crippen molar-refractivity contribution in [1.29, 1.82) is 0 Å². The van der Waals surface area contributed by atoms with E-state index < -0.39 is 11.6 Å². The van der Waals surface area contributed by atoms with Crippen LogP contribution in [0, 0.1) is 11.6 Å². The molecule has 0 unspecified atom stereocenters. The minimum atomic E-state index is -0.870. The fourth-order valence-corrected chi connectivity index (χ4v) is 2.63. The number of aromatic nitrogens is 3. The Morgan fingerprint density at radius 1 is 1.17 bits per heavy atom. The summed E-state index contributed by atoms with van der Waals surface area (Å²) in [6.07, 6.45) is 0.697. The van der Waals surface area contributed by atoms with Gasteiger partial charge in [0.05, 0.1) is 25.5 Å². The number of hydrogen-bond donors (Lipinski definition) is 1. The summed E-state index contributed by atoms with van der Waals surface area (Å²) in [6, 6.07) is 3.80. The summed E-state index contributed by atoms with van der Waals surface area (Å²) in [5, 5.41) is 7.91. The second-order valence-corrected chi connectivity index (χ2v) is 5.53. The highest BCUT2D eigenvalue weighted by atomic mass is 35.5. The van der Waals surface area contributed by atoms with Crippen LogP contribution in [0.5, 0.6) is 0 Å². The van der Waals surface area contributed by atoms with E-state index in [4.69, 9.17) is 10.5 Å². The first kappa shape index (κ1) is 18.6. The molecule has 0 saturated carbocycles. The van der Waals surface area contributed by atoms with Gasteiger partial charge in [-0.3, -0.25) is 4.90 Å². The molecular weight excluding hydrogens is 340 g/mol. The number of ether oxygens (including phenoxy) is 1. The van der Waals surface area contributed by atoms with Gasteiger partial charge in [-0.1, -0.05) is 11.3 Å². The highest BCUT2D eigenvalue weighted by Gasteiger charge is 2.15. The van der Waals surface area contributed by atoms with Gasteiger partial charge in [-0.05, 0) is 17.7 Å². The molecule has 132 valence electrons. The fourth-order valence-electron chi connectivity index (χ4n) is 2.63. The second-order valence-electron chi connectivity index (χ2n) is 5.53. The Kier molecular flexibility index (Phi) is 6.47. The highest BCUT2D eigenvalue weighted by Crippen LogP contribution is 2.14. The molecule has 2 aromatic rings. The maximum Gasteiger partial charge on any atom is 0.169 e. The molecule has 1 aliphatic rings. The summed E-state index contributed by atoms with van der Waals surface area (Å²) < 4.78 is 33.3. The van der Waals surface area contributed by atoms with Gasteiger partial charge in [0.15, 0.2) is 17.5 Å². The molecule has 0 radical (unpaired) electrons. The number of morpholine rings is 1. The van der Waals surface area contributed by atoms with Gasteiger partial charge in [0.2, 0.25) is 0 Å². The standard InChI is InChI=1S/C15H19F2N5O.ClH/c16-12-2-1-11(9-13(12)17)10-22-14(15(18)19-20-22)3-4-21-5-7-23-8-6-21;/h1-2,9H,3-8,10,18H2;1H. The molecule has 0 aliphatic carbocycles. The van der Waals surface area contributed by atoms with Crippen molar-refractivity contribution in [3.05, 3.63) is 41.1 Å². The molecule has 0 amide bonds. The minimum absolute atomic E-state index is 0. The third kappa shape index (κ3) is 4.40. The molecule has 1 saturated heterocycles. The first-order chi connectivity index (χ1) is 11.1. The zero-order chi connectivity index (χ0) is 16.2. The van der Waals surface area contributed by atoms with E-state index in [2.05, 4.69) is 15.2 Å². The van der Waals surface area contributed by atoms with E-state index in [1.165, 1.54) is 12.1 Å². The van der Waals surface area contributed by atoms with Crippen LogP contribution in [0.25, 0.3) is 0 Å². The van der Waals surface area contributed by atoms with E-state index in [9.17, 15) is 8.78 Å². The molecule has 0 spiro atoms. The van der Waals surface area contributed by atoms with E-state index in [0.29, 0.717) is 24.3 Å². The molecule has 0 atom stereocenters. The quantitative estimate of drug-likeness (QED) is 0.875. The van der Waals surface area contributed by atoms with E-state index in [-0.39, 0.29) is 12.4 Å². The number of nitrogen functional groups attached to an aromatic ring is 1. The number of rotatable bonds is 5. The molecule has 1 aromatic carbocycles. The van der Waals surface area contributed by atoms with E-state index in [0.717, 1.165) is 44.6 Å². The number of halogens is 3. The molecule has 0 bridgehead atoms. The summed E-state index contributed by atoms with van der Waals surface area (Å²) in [5.41, 5.74) is 7.31. The van der Waals surface area contributed by atoms with Crippen LogP contribution in [-0.4, -0.2) is 52.7 Å². The van der Waals surface area contributed by atoms with Gasteiger partial charge < -0.3 is 10.5 Å². The van der Waals surface area contributed by atoms with Gasteiger partial charge in [-0.15, -0.1) is 17.5 Å². The first-order valence-electron chi connectivity index (χ1n) is 7.55. The van der Waals surface area contributed by atoms with Crippen LogP contribution in [0.2, 0.25) is 0 Å². The Balaban J connectivity index is 0.00000208. The lowest BCUT2D eigenvalue weighted by Gasteiger charge is -2.26. The molecule has 3 rings (SSSR count). The third-order valence-electron chi connectivity index (χ3n) is 3.95. The number of nitrogens with zero attached hydrogens (tertiary/aromatic N) is 4. The first-order valence-corrected chi connectivity index (χ1v) is 7.55. The van der Waals surface area contributed by atoms with E-state index in [1.807, 2.05) is 0 Å². The van der Waals surface area contributed by atoms with Crippen LogP contribution in [0.4, 0.5) is 14.6 Å². The van der Waals surface area contributed by atoms with Crippen molar-refractivity contribution < 1.29 is 13.5 Å². The van der Waals surface area contributed by atoms with Gasteiger partial charge in [0.25, 0.3) is 0 Å². The summed E-state index contributed by atoms with van der Waals surface area (Å²) in [6.45, 7) is 4.40. The summed E-state index contributed by atoms with van der Waals surface area (Å²) in [5.74, 6) is -1.36. The van der Waals surface area contributed by atoms with Crippen LogP contribution in [0.15, 0.2) is 18.2 Å². The predicted octanol–water partition coefficient (Wildman–Crippen LogP) is 1.48. The molecule has 2 heterocycles. The van der Waals surface area contributed by atoms with Gasteiger partial charge in [-0.25, -0.2) is 13.5 Å². The maximum absolute atomic E-state index is 13.3. The van der Waals surface area contributed by atoms with Crippen LogP contribution in [0.1, 0.15) is 11.3 Å². The van der Waals surface area contributed by atoms with Crippen molar-refractivity contribution in [1.82, 2.24) is 19.9 Å². The molecule has 6 nitrogen and oxygen atoms in total. The third-order valence-corrected chi connectivity index (χ3v) is 3.95. The normalized spacial score (nSPS) is 15.2. The SMILES string of the molecule is Cl.Nc1nnn(Cc2ccc(F)c(F)c2)c1CCN1CCOCC1. The topological polar surface area (TPSA) is 69.2 Å². The van der Waals surface area contributed by atoms with Crippen LogP contribution in [0.3, 0.4) is 0 Å². The van der Waals surface area contributed by atoms with Gasteiger partial charge in [0, 0.05) is 26.1 Å². The Labute approximate surface area is 145 Å². The summed E-state index contributed by atoms with van der Waals surface area (Å²) >= 11 is 0. The smallest absolute Gasteiger partial charge is 0.169 e. The Bertz CT molecular complexity index is 676. The van der Waals surface area contributed by atoms with Crippen molar-refractivity contribution >= 4 is 18.2 Å². The minimum Gasteiger partial charge on any atom is -0.381 e.